The van der Waals surface area contributed by atoms with Gasteiger partial charge in [0.15, 0.2) is 5.16 Å². The zero-order valence-corrected chi connectivity index (χ0v) is 13.3. The number of amides is 1. The van der Waals surface area contributed by atoms with Crippen LogP contribution in [0.2, 0.25) is 5.02 Å². The minimum absolute atomic E-state index is 0.166. The van der Waals surface area contributed by atoms with Crippen LogP contribution in [-0.4, -0.2) is 26.7 Å². The molecule has 0 aliphatic carbocycles. The van der Waals surface area contributed by atoms with Gasteiger partial charge in [0.25, 0.3) is 5.56 Å². The summed E-state index contributed by atoms with van der Waals surface area (Å²) in [6, 6.07) is 6.26. The molecule has 0 spiro atoms. The van der Waals surface area contributed by atoms with E-state index >= 15 is 0 Å². The van der Waals surface area contributed by atoms with Crippen LogP contribution in [0.25, 0.3) is 0 Å². The number of H-pyrrole nitrogens is 1. The van der Waals surface area contributed by atoms with Crippen molar-refractivity contribution < 1.29 is 9.90 Å². The number of nitrogens with one attached hydrogen (secondary N) is 2. The highest BCUT2D eigenvalue weighted by Gasteiger charge is 2.07. The number of anilines is 1. The number of hydrogen-bond donors (Lipinski definition) is 3. The van der Waals surface area contributed by atoms with Crippen LogP contribution in [0.4, 0.5) is 5.69 Å². The predicted octanol–water partition coefficient (Wildman–Crippen LogP) is 2.56. The SMILES string of the molecule is Cc1ccc(Cl)cc1NC(=O)CCSc1nc(O)cc(=O)[nH]1. The summed E-state index contributed by atoms with van der Waals surface area (Å²) in [7, 11) is 0. The number of rotatable bonds is 5. The molecule has 0 saturated carbocycles. The molecule has 0 aliphatic rings. The molecule has 116 valence electrons. The first-order valence-electron chi connectivity index (χ1n) is 6.43. The van der Waals surface area contributed by atoms with E-state index in [1.54, 1.807) is 12.1 Å². The summed E-state index contributed by atoms with van der Waals surface area (Å²) in [5, 5.41) is 12.8. The van der Waals surface area contributed by atoms with Gasteiger partial charge in [0.2, 0.25) is 11.8 Å². The van der Waals surface area contributed by atoms with Crippen molar-refractivity contribution in [2.45, 2.75) is 18.5 Å². The van der Waals surface area contributed by atoms with Gasteiger partial charge < -0.3 is 15.4 Å². The molecule has 0 radical (unpaired) electrons. The second kappa shape index (κ2) is 7.33. The Kier molecular flexibility index (Phi) is 5.46. The second-order valence-corrected chi connectivity index (χ2v) is 6.03. The van der Waals surface area contributed by atoms with Crippen LogP contribution in [0.3, 0.4) is 0 Å². The first-order chi connectivity index (χ1) is 10.4. The average molecular weight is 340 g/mol. The number of aryl methyl sites for hydroxylation is 1. The van der Waals surface area contributed by atoms with E-state index in [1.165, 1.54) is 11.8 Å². The first kappa shape index (κ1) is 16.4. The largest absolute Gasteiger partial charge is 0.493 e. The molecular formula is C14H14ClN3O3S. The molecule has 2 aromatic rings. The van der Waals surface area contributed by atoms with Crippen LogP contribution in [0.15, 0.2) is 34.2 Å². The molecule has 3 N–H and O–H groups in total. The average Bonchev–Trinajstić information content (AvgIpc) is 2.42. The van der Waals surface area contributed by atoms with E-state index in [9.17, 15) is 14.7 Å². The number of carbonyl (C=O) groups is 1. The maximum atomic E-state index is 11.9. The highest BCUT2D eigenvalue weighted by Crippen LogP contribution is 2.21. The van der Waals surface area contributed by atoms with Gasteiger partial charge in [-0.2, -0.15) is 4.98 Å². The number of thioether (sulfide) groups is 1. The fourth-order valence-corrected chi connectivity index (χ4v) is 2.66. The van der Waals surface area contributed by atoms with E-state index in [4.69, 9.17) is 11.6 Å². The van der Waals surface area contributed by atoms with Crippen molar-refractivity contribution in [2.75, 3.05) is 11.1 Å². The standard InChI is InChI=1S/C14H14ClN3O3S/c1-8-2-3-9(15)6-10(8)16-11(19)4-5-22-14-17-12(20)7-13(21)18-14/h2-3,6-7H,4-5H2,1H3,(H,16,19)(H2,17,18,20,21). The summed E-state index contributed by atoms with van der Waals surface area (Å²) in [5.41, 5.74) is 1.16. The molecule has 8 heteroatoms. The lowest BCUT2D eigenvalue weighted by atomic mass is 10.2. The van der Waals surface area contributed by atoms with E-state index in [0.29, 0.717) is 16.5 Å². The smallest absolute Gasteiger partial charge is 0.255 e. The molecule has 1 aromatic carbocycles. The molecule has 1 aromatic heterocycles. The fourth-order valence-electron chi connectivity index (χ4n) is 1.67. The van der Waals surface area contributed by atoms with Crippen molar-refractivity contribution in [3.63, 3.8) is 0 Å². The molecule has 0 fully saturated rings. The summed E-state index contributed by atoms with van der Waals surface area (Å²) in [6.07, 6.45) is 0.232. The molecule has 0 aliphatic heterocycles. The number of aromatic hydroxyl groups is 1. The van der Waals surface area contributed by atoms with Crippen LogP contribution < -0.4 is 10.9 Å². The Labute approximate surface area is 135 Å². The molecule has 1 amide bonds. The van der Waals surface area contributed by atoms with Crippen molar-refractivity contribution >= 4 is 35.0 Å². The molecule has 0 unspecified atom stereocenters. The van der Waals surface area contributed by atoms with Gasteiger partial charge in [0.05, 0.1) is 6.07 Å². The van der Waals surface area contributed by atoms with Crippen molar-refractivity contribution in [3.05, 3.63) is 45.2 Å². The van der Waals surface area contributed by atoms with Gasteiger partial charge in [-0.1, -0.05) is 29.4 Å². The maximum absolute atomic E-state index is 11.9. The number of halogens is 1. The number of carbonyl (C=O) groups excluding carboxylic acids is 1. The second-order valence-electron chi connectivity index (χ2n) is 4.51. The van der Waals surface area contributed by atoms with Crippen LogP contribution in [0.1, 0.15) is 12.0 Å². The van der Waals surface area contributed by atoms with Gasteiger partial charge in [0.1, 0.15) is 0 Å². The molecule has 1 heterocycles. The van der Waals surface area contributed by atoms with E-state index < -0.39 is 5.56 Å². The highest BCUT2D eigenvalue weighted by molar-refractivity contribution is 7.99. The van der Waals surface area contributed by atoms with Crippen LogP contribution in [0.5, 0.6) is 5.88 Å². The van der Waals surface area contributed by atoms with Crippen LogP contribution in [0, 0.1) is 6.92 Å². The Morgan fingerprint density at radius 3 is 2.95 bits per heavy atom. The van der Waals surface area contributed by atoms with Crippen molar-refractivity contribution in [3.8, 4) is 5.88 Å². The molecule has 0 bridgehead atoms. The van der Waals surface area contributed by atoms with E-state index in [-0.39, 0.29) is 23.4 Å². The minimum Gasteiger partial charge on any atom is -0.493 e. The quantitative estimate of drug-likeness (QED) is 0.575. The van der Waals surface area contributed by atoms with Gasteiger partial charge in [-0.15, -0.1) is 0 Å². The lowest BCUT2D eigenvalue weighted by Gasteiger charge is -2.08. The van der Waals surface area contributed by atoms with Gasteiger partial charge in [-0.3, -0.25) is 9.59 Å². The zero-order valence-electron chi connectivity index (χ0n) is 11.7. The van der Waals surface area contributed by atoms with Crippen molar-refractivity contribution in [1.29, 1.82) is 0 Å². The van der Waals surface area contributed by atoms with Crippen LogP contribution >= 0.6 is 23.4 Å². The van der Waals surface area contributed by atoms with Gasteiger partial charge in [0, 0.05) is 22.9 Å². The minimum atomic E-state index is -0.436. The third kappa shape index (κ3) is 4.78. The summed E-state index contributed by atoms with van der Waals surface area (Å²) in [6.45, 7) is 1.88. The Balaban J connectivity index is 1.88. The number of nitrogens with zero attached hydrogens (tertiary/aromatic N) is 1. The van der Waals surface area contributed by atoms with Gasteiger partial charge in [-0.05, 0) is 24.6 Å². The maximum Gasteiger partial charge on any atom is 0.255 e. The lowest BCUT2D eigenvalue weighted by Crippen LogP contribution is -2.13. The Bertz CT molecular complexity index is 748. The topological polar surface area (TPSA) is 95.1 Å². The Morgan fingerprint density at radius 2 is 2.23 bits per heavy atom. The molecular weight excluding hydrogens is 326 g/mol. The molecule has 0 saturated heterocycles. The van der Waals surface area contributed by atoms with Crippen molar-refractivity contribution in [2.24, 2.45) is 0 Å². The van der Waals surface area contributed by atoms with Crippen molar-refractivity contribution in [1.82, 2.24) is 9.97 Å². The number of benzene rings is 1. The molecule has 6 nitrogen and oxygen atoms in total. The van der Waals surface area contributed by atoms with Gasteiger partial charge >= 0.3 is 0 Å². The molecule has 0 atom stereocenters. The highest BCUT2D eigenvalue weighted by atomic mass is 35.5. The summed E-state index contributed by atoms with van der Waals surface area (Å²) in [5.74, 6) is -0.0942. The third-order valence-corrected chi connectivity index (χ3v) is 3.86. The first-order valence-corrected chi connectivity index (χ1v) is 7.79. The summed E-state index contributed by atoms with van der Waals surface area (Å²) < 4.78 is 0. The molecule has 22 heavy (non-hydrogen) atoms. The number of hydrogen-bond acceptors (Lipinski definition) is 5. The number of aromatic amines is 1. The fraction of sp³-hybridized carbons (Fsp3) is 0.214. The zero-order chi connectivity index (χ0) is 16.1. The van der Waals surface area contributed by atoms with Crippen LogP contribution in [-0.2, 0) is 4.79 Å². The lowest BCUT2D eigenvalue weighted by molar-refractivity contribution is -0.115. The normalized spacial score (nSPS) is 10.5. The summed E-state index contributed by atoms with van der Waals surface area (Å²) >= 11 is 7.07. The van der Waals surface area contributed by atoms with Gasteiger partial charge in [-0.25, -0.2) is 0 Å². The Morgan fingerprint density at radius 1 is 1.45 bits per heavy atom. The Hall–Kier alpha value is -1.99. The van der Waals surface area contributed by atoms with E-state index in [2.05, 4.69) is 15.3 Å². The number of aromatic nitrogens is 2. The monoisotopic (exact) mass is 339 g/mol. The van der Waals surface area contributed by atoms with E-state index in [1.807, 2.05) is 13.0 Å². The predicted molar refractivity (Wildman–Crippen MR) is 86.7 cm³/mol. The summed E-state index contributed by atoms with van der Waals surface area (Å²) in [4.78, 5) is 29.3. The third-order valence-electron chi connectivity index (χ3n) is 2.75. The van der Waals surface area contributed by atoms with E-state index in [0.717, 1.165) is 11.6 Å². The molecule has 2 rings (SSSR count).